The monoisotopic (exact) mass is 385 g/mol. The first-order valence-electron chi connectivity index (χ1n) is 8.90. The molecule has 0 fully saturated rings. The van der Waals surface area contributed by atoms with E-state index in [1.165, 1.54) is 9.13 Å². The van der Waals surface area contributed by atoms with Gasteiger partial charge in [0, 0.05) is 25.5 Å². The summed E-state index contributed by atoms with van der Waals surface area (Å²) in [6.07, 6.45) is 3.52. The topological polar surface area (TPSA) is 66.2 Å². The molecule has 0 bridgehead atoms. The Hall–Kier alpha value is -2.80. The molecule has 0 unspecified atom stereocenters. The highest BCUT2D eigenvalue weighted by molar-refractivity contribution is 6.32. The third-order valence-corrected chi connectivity index (χ3v) is 5.17. The lowest BCUT2D eigenvalue weighted by Gasteiger charge is -2.08. The Bertz CT molecular complexity index is 1290. The predicted molar refractivity (Wildman–Crippen MR) is 106 cm³/mol. The van der Waals surface area contributed by atoms with Gasteiger partial charge in [0.25, 0.3) is 5.56 Å². The lowest BCUT2D eigenvalue weighted by atomic mass is 10.3. The normalized spacial score (nSPS) is 11.7. The van der Waals surface area contributed by atoms with Gasteiger partial charge in [0.2, 0.25) is 5.78 Å². The molecular formula is C19H20ClN5O2. The number of aryl methyl sites for hydroxylation is 2. The summed E-state index contributed by atoms with van der Waals surface area (Å²) in [5.41, 5.74) is 1.78. The van der Waals surface area contributed by atoms with Crippen LogP contribution >= 0.6 is 11.6 Å². The molecule has 1 aromatic carbocycles. The molecule has 4 aromatic rings. The van der Waals surface area contributed by atoms with Crippen LogP contribution in [0, 0.1) is 6.92 Å². The minimum absolute atomic E-state index is 0.314. The largest absolute Gasteiger partial charge is 0.332 e. The molecule has 140 valence electrons. The molecule has 27 heavy (non-hydrogen) atoms. The molecule has 0 spiro atoms. The maximum Gasteiger partial charge on any atom is 0.332 e. The third kappa shape index (κ3) is 2.53. The van der Waals surface area contributed by atoms with Gasteiger partial charge in [-0.3, -0.25) is 22.9 Å². The van der Waals surface area contributed by atoms with E-state index in [4.69, 9.17) is 11.6 Å². The second-order valence-corrected chi connectivity index (χ2v) is 7.07. The molecule has 0 aliphatic heterocycles. The molecule has 0 saturated carbocycles. The average Bonchev–Trinajstić information content (AvgIpc) is 3.15. The van der Waals surface area contributed by atoms with E-state index in [0.29, 0.717) is 28.5 Å². The fraction of sp³-hybridized carbons (Fsp3) is 0.316. The molecule has 0 atom stereocenters. The van der Waals surface area contributed by atoms with Crippen molar-refractivity contribution in [3.63, 3.8) is 0 Å². The number of nitrogens with zero attached hydrogens (tertiary/aromatic N) is 5. The molecule has 0 amide bonds. The van der Waals surface area contributed by atoms with Gasteiger partial charge in [-0.1, -0.05) is 37.1 Å². The average molecular weight is 386 g/mol. The molecule has 7 nitrogen and oxygen atoms in total. The molecule has 0 saturated heterocycles. The van der Waals surface area contributed by atoms with Crippen molar-refractivity contribution in [2.24, 2.45) is 7.05 Å². The van der Waals surface area contributed by atoms with Crippen molar-refractivity contribution >= 4 is 28.5 Å². The van der Waals surface area contributed by atoms with Crippen molar-refractivity contribution in [3.8, 4) is 5.69 Å². The smallest absolute Gasteiger partial charge is 0.281 e. The fourth-order valence-corrected chi connectivity index (χ4v) is 3.67. The summed E-state index contributed by atoms with van der Waals surface area (Å²) in [4.78, 5) is 30.3. The first kappa shape index (κ1) is 17.6. The Morgan fingerprint density at radius 3 is 2.63 bits per heavy atom. The lowest BCUT2D eigenvalue weighted by molar-refractivity contribution is 0.566. The molecule has 0 radical (unpaired) electrons. The van der Waals surface area contributed by atoms with E-state index in [2.05, 4.69) is 4.98 Å². The Balaban J connectivity index is 2.11. The van der Waals surface area contributed by atoms with Gasteiger partial charge in [0.1, 0.15) is 0 Å². The zero-order valence-corrected chi connectivity index (χ0v) is 16.2. The highest BCUT2D eigenvalue weighted by atomic mass is 35.5. The van der Waals surface area contributed by atoms with Crippen LogP contribution in [-0.2, 0) is 13.6 Å². The number of rotatable bonds is 4. The summed E-state index contributed by atoms with van der Waals surface area (Å²) >= 11 is 6.38. The quantitative estimate of drug-likeness (QED) is 0.542. The Kier molecular flexibility index (Phi) is 4.19. The minimum Gasteiger partial charge on any atom is -0.281 e. The Labute approximate surface area is 160 Å². The maximum absolute atomic E-state index is 13.1. The van der Waals surface area contributed by atoms with Crippen LogP contribution in [0.3, 0.4) is 0 Å². The minimum atomic E-state index is -0.345. The lowest BCUT2D eigenvalue weighted by Crippen LogP contribution is -2.39. The van der Waals surface area contributed by atoms with Crippen molar-refractivity contribution in [2.45, 2.75) is 33.2 Å². The maximum atomic E-state index is 13.1. The van der Waals surface area contributed by atoms with Gasteiger partial charge in [-0.2, -0.15) is 4.98 Å². The zero-order chi connectivity index (χ0) is 19.3. The Morgan fingerprint density at radius 2 is 1.93 bits per heavy atom. The summed E-state index contributed by atoms with van der Waals surface area (Å²) in [6, 6.07) is 7.46. The van der Waals surface area contributed by atoms with Crippen LogP contribution in [0.1, 0.15) is 25.5 Å². The highest BCUT2D eigenvalue weighted by Gasteiger charge is 2.21. The molecule has 3 aromatic heterocycles. The summed E-state index contributed by atoms with van der Waals surface area (Å²) in [5, 5.41) is 0.583. The number of para-hydroxylation sites is 1. The number of imidazole rings is 2. The summed E-state index contributed by atoms with van der Waals surface area (Å²) in [7, 11) is 1.64. The number of halogens is 1. The summed E-state index contributed by atoms with van der Waals surface area (Å²) in [5.74, 6) is 0.552. The van der Waals surface area contributed by atoms with Gasteiger partial charge < -0.3 is 0 Å². The van der Waals surface area contributed by atoms with Crippen LogP contribution in [0.15, 0.2) is 40.1 Å². The second kappa shape index (κ2) is 6.42. The molecule has 0 N–H and O–H groups in total. The molecule has 0 aliphatic carbocycles. The molecule has 4 rings (SSSR count). The molecule has 0 aliphatic rings. The van der Waals surface area contributed by atoms with E-state index >= 15 is 0 Å². The van der Waals surface area contributed by atoms with Gasteiger partial charge in [0.05, 0.1) is 10.7 Å². The van der Waals surface area contributed by atoms with E-state index < -0.39 is 0 Å². The number of unbranched alkanes of at least 4 members (excludes halogenated alkanes) is 1. The third-order valence-electron chi connectivity index (χ3n) is 4.85. The standard InChI is InChI=1S/C19H20ClN5O2/c1-4-5-10-23-17(26)15-16(22(3)19(23)27)21-18-24(15)11-12(2)25(18)14-9-7-6-8-13(14)20/h6-9,11H,4-5,10H2,1-3H3. The van der Waals surface area contributed by atoms with Crippen molar-refractivity contribution in [1.29, 1.82) is 0 Å². The van der Waals surface area contributed by atoms with Crippen LogP contribution in [0.2, 0.25) is 5.02 Å². The number of benzene rings is 1. The van der Waals surface area contributed by atoms with E-state index in [9.17, 15) is 9.59 Å². The molecular weight excluding hydrogens is 366 g/mol. The van der Waals surface area contributed by atoms with Crippen LogP contribution in [0.5, 0.6) is 0 Å². The number of aromatic nitrogens is 5. The van der Waals surface area contributed by atoms with Crippen molar-refractivity contribution in [2.75, 3.05) is 0 Å². The van der Waals surface area contributed by atoms with Gasteiger partial charge in [0.15, 0.2) is 11.2 Å². The van der Waals surface area contributed by atoms with Gasteiger partial charge in [-0.15, -0.1) is 0 Å². The van der Waals surface area contributed by atoms with Crippen LogP contribution in [-0.4, -0.2) is 23.1 Å². The molecule has 3 heterocycles. The summed E-state index contributed by atoms with van der Waals surface area (Å²) in [6.45, 7) is 4.36. The highest BCUT2D eigenvalue weighted by Crippen LogP contribution is 2.25. The number of hydrogen-bond donors (Lipinski definition) is 0. The first-order valence-corrected chi connectivity index (χ1v) is 9.28. The van der Waals surface area contributed by atoms with Crippen molar-refractivity contribution in [1.82, 2.24) is 23.1 Å². The van der Waals surface area contributed by atoms with Gasteiger partial charge in [-0.05, 0) is 25.5 Å². The predicted octanol–water partition coefficient (Wildman–Crippen LogP) is 2.90. The first-order chi connectivity index (χ1) is 13.0. The van der Waals surface area contributed by atoms with Crippen molar-refractivity contribution in [3.05, 3.63) is 62.0 Å². The van der Waals surface area contributed by atoms with E-state index in [0.717, 1.165) is 24.2 Å². The number of fused-ring (bicyclic) bond motifs is 3. The molecule has 8 heteroatoms. The second-order valence-electron chi connectivity index (χ2n) is 6.66. The van der Waals surface area contributed by atoms with Crippen LogP contribution in [0.25, 0.3) is 22.6 Å². The van der Waals surface area contributed by atoms with Crippen molar-refractivity contribution < 1.29 is 0 Å². The van der Waals surface area contributed by atoms with Crippen LogP contribution in [0.4, 0.5) is 0 Å². The number of hydrogen-bond acceptors (Lipinski definition) is 3. The zero-order valence-electron chi connectivity index (χ0n) is 15.4. The van der Waals surface area contributed by atoms with Gasteiger partial charge >= 0.3 is 5.69 Å². The Morgan fingerprint density at radius 1 is 1.19 bits per heavy atom. The van der Waals surface area contributed by atoms with E-state index in [1.807, 2.05) is 48.9 Å². The SMILES string of the molecule is CCCCn1c(=O)c2c(nc3n(-c4ccccc4Cl)c(C)cn23)n(C)c1=O. The van der Waals surface area contributed by atoms with E-state index in [1.54, 1.807) is 11.4 Å². The van der Waals surface area contributed by atoms with Gasteiger partial charge in [-0.25, -0.2) is 4.79 Å². The summed E-state index contributed by atoms with van der Waals surface area (Å²) < 4.78 is 6.37. The van der Waals surface area contributed by atoms with E-state index in [-0.39, 0.29) is 11.2 Å². The fourth-order valence-electron chi connectivity index (χ4n) is 3.45. The van der Waals surface area contributed by atoms with Crippen LogP contribution < -0.4 is 11.2 Å².